The molecule has 0 spiro atoms. The van der Waals surface area contributed by atoms with Crippen LogP contribution in [0.15, 0.2) is 28.7 Å². The number of hydrogen-bond donors (Lipinski definition) is 1. The number of rotatable bonds is 2. The molecule has 3 rings (SSSR count). The predicted octanol–water partition coefficient (Wildman–Crippen LogP) is 2.59. The molecule has 0 aliphatic carbocycles. The summed E-state index contributed by atoms with van der Waals surface area (Å²) in [6.07, 6.45) is 1.73. The lowest BCUT2D eigenvalue weighted by Gasteiger charge is -2.30. The Balaban J connectivity index is 1.84. The molecule has 106 valence electrons. The summed E-state index contributed by atoms with van der Waals surface area (Å²) < 4.78 is 5.73. The van der Waals surface area contributed by atoms with Crippen LogP contribution in [0.1, 0.15) is 29.0 Å². The van der Waals surface area contributed by atoms with Crippen molar-refractivity contribution < 1.29 is 14.3 Å². The van der Waals surface area contributed by atoms with Gasteiger partial charge in [0.25, 0.3) is 5.91 Å². The number of fused-ring (bicyclic) bond motifs is 1. The number of piperidine rings is 1. The zero-order valence-corrected chi connectivity index (χ0v) is 11.6. The van der Waals surface area contributed by atoms with Crippen LogP contribution in [-0.2, 0) is 0 Å². The molecule has 1 aliphatic rings. The van der Waals surface area contributed by atoms with Crippen molar-refractivity contribution in [1.82, 2.24) is 4.90 Å². The lowest BCUT2D eigenvalue weighted by molar-refractivity contribution is 0.0621. The van der Waals surface area contributed by atoms with Gasteiger partial charge in [0.15, 0.2) is 5.76 Å². The maximum absolute atomic E-state index is 12.6. The molecule has 1 fully saturated rings. The molecule has 0 radical (unpaired) electrons. The highest BCUT2D eigenvalue weighted by molar-refractivity contribution is 5.98. The van der Waals surface area contributed by atoms with E-state index in [1.807, 2.05) is 36.1 Å². The highest BCUT2D eigenvalue weighted by atomic mass is 16.3. The fraction of sp³-hybridized carbons (Fsp3) is 0.438. The summed E-state index contributed by atoms with van der Waals surface area (Å²) in [5.41, 5.74) is 1.67. The third-order valence-electron chi connectivity index (χ3n) is 4.20. The van der Waals surface area contributed by atoms with E-state index in [1.54, 1.807) is 0 Å². The lowest BCUT2D eigenvalue weighted by Crippen LogP contribution is -2.39. The normalized spacial score (nSPS) is 16.8. The molecule has 1 saturated heterocycles. The number of furan rings is 1. The van der Waals surface area contributed by atoms with Crippen LogP contribution in [0, 0.1) is 12.8 Å². The number of nitrogens with zero attached hydrogens (tertiary/aromatic N) is 1. The van der Waals surface area contributed by atoms with Gasteiger partial charge in [0, 0.05) is 30.6 Å². The summed E-state index contributed by atoms with van der Waals surface area (Å²) in [7, 11) is 0. The second-order valence-corrected chi connectivity index (χ2v) is 5.47. The van der Waals surface area contributed by atoms with Gasteiger partial charge in [-0.15, -0.1) is 0 Å². The smallest absolute Gasteiger partial charge is 0.289 e. The number of aryl methyl sites for hydroxylation is 1. The van der Waals surface area contributed by atoms with Crippen molar-refractivity contribution in [3.05, 3.63) is 35.6 Å². The Kier molecular flexibility index (Phi) is 3.49. The summed E-state index contributed by atoms with van der Waals surface area (Å²) in [6, 6.07) is 7.72. The maximum Gasteiger partial charge on any atom is 0.289 e. The van der Waals surface area contributed by atoms with Crippen LogP contribution in [0.4, 0.5) is 0 Å². The van der Waals surface area contributed by atoms with Crippen LogP contribution in [0.5, 0.6) is 0 Å². The van der Waals surface area contributed by atoms with Crippen molar-refractivity contribution in [2.75, 3.05) is 19.7 Å². The Morgan fingerprint density at radius 1 is 1.35 bits per heavy atom. The molecular formula is C16H19NO3. The summed E-state index contributed by atoms with van der Waals surface area (Å²) in [4.78, 5) is 14.4. The average Bonchev–Trinajstić information content (AvgIpc) is 2.84. The molecule has 4 heteroatoms. The number of aliphatic hydroxyl groups excluding tert-OH is 1. The molecule has 1 aromatic heterocycles. The highest BCUT2D eigenvalue weighted by Crippen LogP contribution is 2.27. The molecule has 1 aliphatic heterocycles. The topological polar surface area (TPSA) is 53.7 Å². The van der Waals surface area contributed by atoms with Crippen molar-refractivity contribution in [1.29, 1.82) is 0 Å². The molecule has 1 aromatic carbocycles. The third-order valence-corrected chi connectivity index (χ3v) is 4.20. The molecule has 20 heavy (non-hydrogen) atoms. The van der Waals surface area contributed by atoms with Gasteiger partial charge in [-0.3, -0.25) is 4.79 Å². The average molecular weight is 273 g/mol. The Morgan fingerprint density at radius 3 is 2.70 bits per heavy atom. The van der Waals surface area contributed by atoms with Crippen molar-refractivity contribution in [3.63, 3.8) is 0 Å². The highest BCUT2D eigenvalue weighted by Gasteiger charge is 2.27. The van der Waals surface area contributed by atoms with E-state index in [4.69, 9.17) is 9.52 Å². The van der Waals surface area contributed by atoms with Crippen molar-refractivity contribution in [2.45, 2.75) is 19.8 Å². The van der Waals surface area contributed by atoms with Crippen LogP contribution in [0.25, 0.3) is 11.0 Å². The van der Waals surface area contributed by atoms with Crippen LogP contribution in [0.3, 0.4) is 0 Å². The first-order valence-electron chi connectivity index (χ1n) is 7.09. The minimum atomic E-state index is -0.0323. The van der Waals surface area contributed by atoms with Gasteiger partial charge in [0.2, 0.25) is 0 Å². The Labute approximate surface area is 118 Å². The van der Waals surface area contributed by atoms with Crippen LogP contribution < -0.4 is 0 Å². The summed E-state index contributed by atoms with van der Waals surface area (Å²) in [6.45, 7) is 3.53. The third kappa shape index (κ3) is 2.20. The number of benzene rings is 1. The largest absolute Gasteiger partial charge is 0.451 e. The molecular weight excluding hydrogens is 254 g/mol. The Hall–Kier alpha value is -1.81. The molecule has 0 atom stereocenters. The zero-order valence-electron chi connectivity index (χ0n) is 11.6. The number of hydrogen-bond acceptors (Lipinski definition) is 3. The van der Waals surface area contributed by atoms with E-state index in [9.17, 15) is 4.79 Å². The van der Waals surface area contributed by atoms with Gasteiger partial charge in [-0.2, -0.15) is 0 Å². The van der Waals surface area contributed by atoms with E-state index in [2.05, 4.69) is 0 Å². The fourth-order valence-corrected chi connectivity index (χ4v) is 2.84. The van der Waals surface area contributed by atoms with Gasteiger partial charge in [-0.1, -0.05) is 18.2 Å². The lowest BCUT2D eigenvalue weighted by atomic mass is 9.97. The van der Waals surface area contributed by atoms with E-state index < -0.39 is 0 Å². The molecule has 1 amide bonds. The molecule has 2 heterocycles. The molecule has 0 bridgehead atoms. The quantitative estimate of drug-likeness (QED) is 0.915. The molecule has 4 nitrogen and oxygen atoms in total. The van der Waals surface area contributed by atoms with Gasteiger partial charge in [0.05, 0.1) is 0 Å². The van der Waals surface area contributed by atoms with Crippen molar-refractivity contribution in [2.24, 2.45) is 5.92 Å². The van der Waals surface area contributed by atoms with Gasteiger partial charge >= 0.3 is 0 Å². The van der Waals surface area contributed by atoms with Crippen LogP contribution in [-0.4, -0.2) is 35.6 Å². The Morgan fingerprint density at radius 2 is 2.05 bits per heavy atom. The first-order chi connectivity index (χ1) is 9.70. The first kappa shape index (κ1) is 13.2. The summed E-state index contributed by atoms with van der Waals surface area (Å²) >= 11 is 0. The number of para-hydroxylation sites is 1. The number of carbonyl (C=O) groups is 1. The molecule has 2 aromatic rings. The first-order valence-corrected chi connectivity index (χ1v) is 7.09. The van der Waals surface area contributed by atoms with Gasteiger partial charge < -0.3 is 14.4 Å². The van der Waals surface area contributed by atoms with E-state index >= 15 is 0 Å². The van der Waals surface area contributed by atoms with Crippen LogP contribution in [0.2, 0.25) is 0 Å². The summed E-state index contributed by atoms with van der Waals surface area (Å²) in [5, 5.41) is 10.2. The monoisotopic (exact) mass is 273 g/mol. The zero-order chi connectivity index (χ0) is 14.1. The second-order valence-electron chi connectivity index (χ2n) is 5.47. The molecule has 0 saturated carbocycles. The maximum atomic E-state index is 12.6. The second kappa shape index (κ2) is 5.29. The number of carbonyl (C=O) groups excluding carboxylic acids is 1. The van der Waals surface area contributed by atoms with E-state index in [-0.39, 0.29) is 12.5 Å². The van der Waals surface area contributed by atoms with Crippen molar-refractivity contribution >= 4 is 16.9 Å². The van der Waals surface area contributed by atoms with Gasteiger partial charge in [-0.05, 0) is 31.7 Å². The molecule has 1 N–H and O–H groups in total. The van der Waals surface area contributed by atoms with Crippen molar-refractivity contribution in [3.8, 4) is 0 Å². The van der Waals surface area contributed by atoms with Gasteiger partial charge in [0.1, 0.15) is 5.58 Å². The van der Waals surface area contributed by atoms with E-state index in [0.29, 0.717) is 24.8 Å². The standard InChI is InChI=1S/C16H19NO3/c1-11-13-4-2-3-5-14(13)20-15(11)16(19)17-8-6-12(10-18)7-9-17/h2-5,12,18H,6-10H2,1H3. The minimum Gasteiger partial charge on any atom is -0.451 e. The predicted molar refractivity (Wildman–Crippen MR) is 76.7 cm³/mol. The summed E-state index contributed by atoms with van der Waals surface area (Å²) in [5.74, 6) is 0.750. The van der Waals surface area contributed by atoms with Gasteiger partial charge in [-0.25, -0.2) is 0 Å². The number of likely N-dealkylation sites (tertiary alicyclic amines) is 1. The van der Waals surface area contributed by atoms with E-state index in [0.717, 1.165) is 29.4 Å². The number of amides is 1. The van der Waals surface area contributed by atoms with Crippen LogP contribution >= 0.6 is 0 Å². The SMILES string of the molecule is Cc1c(C(=O)N2CCC(CO)CC2)oc2ccccc12. The molecule has 0 unspecified atom stereocenters. The Bertz CT molecular complexity index is 624. The number of aliphatic hydroxyl groups is 1. The fourth-order valence-electron chi connectivity index (χ4n) is 2.84. The minimum absolute atomic E-state index is 0.0323. The van der Waals surface area contributed by atoms with E-state index in [1.165, 1.54) is 0 Å².